The minimum absolute atomic E-state index is 0.199. The number of aryl methyl sites for hydroxylation is 2. The van der Waals surface area contributed by atoms with Crippen molar-refractivity contribution in [3.63, 3.8) is 0 Å². The summed E-state index contributed by atoms with van der Waals surface area (Å²) < 4.78 is 28.5. The molecule has 8 heteroatoms. The highest BCUT2D eigenvalue weighted by atomic mass is 32.2. The van der Waals surface area contributed by atoms with Crippen LogP contribution in [0.15, 0.2) is 42.5 Å². The Morgan fingerprint density at radius 3 is 2.29 bits per heavy atom. The summed E-state index contributed by atoms with van der Waals surface area (Å²) in [6.07, 6.45) is 10.0. The fourth-order valence-corrected chi connectivity index (χ4v) is 5.65. The molecule has 2 aromatic carbocycles. The molecule has 2 N–H and O–H groups in total. The van der Waals surface area contributed by atoms with Crippen LogP contribution in [0.2, 0.25) is 0 Å². The second kappa shape index (κ2) is 17.3. The summed E-state index contributed by atoms with van der Waals surface area (Å²) in [5, 5.41) is 12.0. The predicted octanol–water partition coefficient (Wildman–Crippen LogP) is 6.47. The van der Waals surface area contributed by atoms with Gasteiger partial charge in [0.25, 0.3) is 5.91 Å². The third-order valence-corrected chi connectivity index (χ3v) is 8.55. The molecule has 228 valence electrons. The Morgan fingerprint density at radius 2 is 1.73 bits per heavy atom. The summed E-state index contributed by atoms with van der Waals surface area (Å²) >= 11 is 0. The first-order valence-electron chi connectivity index (χ1n) is 14.9. The molecular formula is C33H49NO6S. The van der Waals surface area contributed by atoms with Crippen LogP contribution in [0.25, 0.3) is 11.1 Å². The Bertz CT molecular complexity index is 1220. The van der Waals surface area contributed by atoms with Crippen LogP contribution in [0, 0.1) is 18.8 Å². The van der Waals surface area contributed by atoms with E-state index in [1.54, 1.807) is 6.07 Å². The van der Waals surface area contributed by atoms with E-state index in [1.807, 2.05) is 50.2 Å². The van der Waals surface area contributed by atoms with Gasteiger partial charge in [0.15, 0.2) is 0 Å². The van der Waals surface area contributed by atoms with Gasteiger partial charge in [-0.3, -0.25) is 4.79 Å². The number of ether oxygens (including phenoxy) is 1. The maximum absolute atomic E-state index is 13.1. The SMILES string of the molecule is CC1CCCCC1.CCOCC(C)CCc1ccc(C(=O)NC(CCS(C)(=O)=O)C(=O)O)c(-c2ccccc2C)c1. The first-order chi connectivity index (χ1) is 19.4. The van der Waals surface area contributed by atoms with Crippen LogP contribution >= 0.6 is 0 Å². The van der Waals surface area contributed by atoms with Crippen LogP contribution in [-0.2, 0) is 25.8 Å². The Hall–Kier alpha value is -2.71. The predicted molar refractivity (Wildman–Crippen MR) is 166 cm³/mol. The lowest BCUT2D eigenvalue weighted by molar-refractivity contribution is -0.139. The van der Waals surface area contributed by atoms with Crippen molar-refractivity contribution in [3.05, 3.63) is 59.2 Å². The molecule has 1 amide bonds. The molecule has 0 spiro atoms. The van der Waals surface area contributed by atoms with Crippen molar-refractivity contribution in [2.24, 2.45) is 11.8 Å². The number of carboxylic acids is 1. The number of benzene rings is 2. The van der Waals surface area contributed by atoms with E-state index in [-0.39, 0.29) is 12.2 Å². The molecule has 1 fully saturated rings. The molecule has 3 rings (SSSR count). The summed E-state index contributed by atoms with van der Waals surface area (Å²) in [7, 11) is -3.36. The lowest BCUT2D eigenvalue weighted by Gasteiger charge is -2.18. The number of aliphatic carboxylic acids is 1. The van der Waals surface area contributed by atoms with E-state index in [4.69, 9.17) is 4.74 Å². The fourth-order valence-electron chi connectivity index (χ4n) is 4.99. The van der Waals surface area contributed by atoms with Gasteiger partial charge in [0, 0.05) is 25.0 Å². The smallest absolute Gasteiger partial charge is 0.326 e. The van der Waals surface area contributed by atoms with Crippen molar-refractivity contribution < 1.29 is 27.9 Å². The molecular weight excluding hydrogens is 538 g/mol. The van der Waals surface area contributed by atoms with E-state index >= 15 is 0 Å². The van der Waals surface area contributed by atoms with Gasteiger partial charge in [-0.1, -0.05) is 82.3 Å². The third kappa shape index (κ3) is 12.8. The fraction of sp³-hybridized carbons (Fsp3) is 0.576. The van der Waals surface area contributed by atoms with Crippen LogP contribution in [0.4, 0.5) is 0 Å². The van der Waals surface area contributed by atoms with E-state index in [0.717, 1.165) is 47.3 Å². The number of nitrogens with one attached hydrogen (secondary N) is 1. The molecule has 0 aliphatic heterocycles. The maximum Gasteiger partial charge on any atom is 0.326 e. The highest BCUT2D eigenvalue weighted by Crippen LogP contribution is 2.29. The number of carboxylic acid groups (broad SMARTS) is 1. The van der Waals surface area contributed by atoms with E-state index in [0.29, 0.717) is 24.7 Å². The molecule has 1 aliphatic carbocycles. The van der Waals surface area contributed by atoms with Crippen LogP contribution < -0.4 is 5.32 Å². The van der Waals surface area contributed by atoms with Crippen molar-refractivity contribution in [1.29, 1.82) is 0 Å². The number of hydrogen-bond donors (Lipinski definition) is 2. The van der Waals surface area contributed by atoms with Crippen LogP contribution in [-0.4, -0.2) is 56.7 Å². The van der Waals surface area contributed by atoms with Gasteiger partial charge in [0.05, 0.1) is 5.75 Å². The Morgan fingerprint density at radius 1 is 1.05 bits per heavy atom. The van der Waals surface area contributed by atoms with Crippen LogP contribution in [0.1, 0.15) is 87.2 Å². The molecule has 1 saturated carbocycles. The molecule has 1 aliphatic rings. The summed E-state index contributed by atoms with van der Waals surface area (Å²) in [6.45, 7) is 9.82. The summed E-state index contributed by atoms with van der Waals surface area (Å²) in [6, 6.07) is 12.0. The zero-order valence-electron chi connectivity index (χ0n) is 25.4. The molecule has 7 nitrogen and oxygen atoms in total. The molecule has 0 aromatic heterocycles. The van der Waals surface area contributed by atoms with Crippen molar-refractivity contribution >= 4 is 21.7 Å². The molecule has 2 unspecified atom stereocenters. The second-order valence-corrected chi connectivity index (χ2v) is 13.8. The van der Waals surface area contributed by atoms with Crippen molar-refractivity contribution in [1.82, 2.24) is 5.32 Å². The van der Waals surface area contributed by atoms with Gasteiger partial charge in [0.1, 0.15) is 15.9 Å². The van der Waals surface area contributed by atoms with E-state index in [1.165, 1.54) is 32.1 Å². The van der Waals surface area contributed by atoms with Gasteiger partial charge >= 0.3 is 5.97 Å². The largest absolute Gasteiger partial charge is 0.480 e. The molecule has 0 saturated heterocycles. The second-order valence-electron chi connectivity index (χ2n) is 11.5. The van der Waals surface area contributed by atoms with E-state index in [2.05, 4.69) is 19.2 Å². The Balaban J connectivity index is 0.000000729. The van der Waals surface area contributed by atoms with Gasteiger partial charge in [-0.15, -0.1) is 0 Å². The van der Waals surface area contributed by atoms with E-state index in [9.17, 15) is 23.1 Å². The number of hydrogen-bond acceptors (Lipinski definition) is 5. The number of carbonyl (C=O) groups is 2. The zero-order chi connectivity index (χ0) is 30.4. The van der Waals surface area contributed by atoms with Crippen LogP contribution in [0.5, 0.6) is 0 Å². The highest BCUT2D eigenvalue weighted by molar-refractivity contribution is 7.90. The Labute approximate surface area is 247 Å². The summed E-state index contributed by atoms with van der Waals surface area (Å²) in [5.41, 5.74) is 4.03. The standard InChI is InChI=1S/C26H35NO6S.C7H14/c1-5-33-17-18(2)10-11-20-12-13-22(23(16-20)21-9-7-6-8-19(21)3)25(28)27-24(26(29)30)14-15-34(4,31)32;1-7-5-3-2-4-6-7/h6-9,12-13,16,18,24H,5,10-11,14-15,17H2,1-4H3,(H,27,28)(H,29,30);7H,2-6H2,1H3. The van der Waals surface area contributed by atoms with Crippen molar-refractivity contribution in [3.8, 4) is 11.1 Å². The van der Waals surface area contributed by atoms with Gasteiger partial charge in [-0.05, 0) is 73.3 Å². The van der Waals surface area contributed by atoms with Crippen molar-refractivity contribution in [2.75, 3.05) is 25.2 Å². The van der Waals surface area contributed by atoms with Gasteiger partial charge in [0.2, 0.25) is 0 Å². The molecule has 41 heavy (non-hydrogen) atoms. The molecule has 0 radical (unpaired) electrons. The lowest BCUT2D eigenvalue weighted by Crippen LogP contribution is -2.42. The number of carbonyl (C=O) groups excluding carboxylic acids is 1. The monoisotopic (exact) mass is 587 g/mol. The first kappa shape index (κ1) is 34.5. The molecule has 0 bridgehead atoms. The van der Waals surface area contributed by atoms with Crippen LogP contribution in [0.3, 0.4) is 0 Å². The minimum Gasteiger partial charge on any atom is -0.480 e. The van der Waals surface area contributed by atoms with E-state index < -0.39 is 27.8 Å². The summed E-state index contributed by atoms with van der Waals surface area (Å²) in [4.78, 5) is 24.8. The third-order valence-electron chi connectivity index (χ3n) is 7.57. The van der Waals surface area contributed by atoms with Gasteiger partial charge in [-0.25, -0.2) is 13.2 Å². The highest BCUT2D eigenvalue weighted by Gasteiger charge is 2.24. The minimum atomic E-state index is -3.36. The summed E-state index contributed by atoms with van der Waals surface area (Å²) in [5.74, 6) is -0.706. The van der Waals surface area contributed by atoms with Gasteiger partial charge in [-0.2, -0.15) is 0 Å². The average Bonchev–Trinajstić information content (AvgIpc) is 2.93. The Kier molecular flexibility index (Phi) is 14.5. The molecule has 2 aromatic rings. The average molecular weight is 588 g/mol. The molecule has 2 atom stereocenters. The quantitative estimate of drug-likeness (QED) is 0.278. The topological polar surface area (TPSA) is 110 Å². The van der Waals surface area contributed by atoms with Crippen molar-refractivity contribution in [2.45, 2.75) is 85.1 Å². The maximum atomic E-state index is 13.1. The number of sulfone groups is 1. The number of amides is 1. The normalized spacial score (nSPS) is 15.3. The number of rotatable bonds is 13. The zero-order valence-corrected chi connectivity index (χ0v) is 26.3. The first-order valence-corrected chi connectivity index (χ1v) is 16.9. The molecule has 0 heterocycles. The lowest BCUT2D eigenvalue weighted by atomic mass is 9.91. The van der Waals surface area contributed by atoms with Gasteiger partial charge < -0.3 is 15.2 Å².